The molecule has 1 aliphatic rings. The number of nitrogens with zero attached hydrogens (tertiary/aromatic N) is 1. The van der Waals surface area contributed by atoms with Crippen LogP contribution < -0.4 is 5.32 Å². The number of aliphatic hydroxyl groups excluding tert-OH is 1. The summed E-state index contributed by atoms with van der Waals surface area (Å²) in [6, 6.07) is 10.4. The highest BCUT2D eigenvalue weighted by Gasteiger charge is 2.20. The minimum absolute atomic E-state index is 0.160. The Bertz CT molecular complexity index is 283. The van der Waals surface area contributed by atoms with Crippen LogP contribution in [0.15, 0.2) is 30.3 Å². The van der Waals surface area contributed by atoms with E-state index in [4.69, 9.17) is 0 Å². The second kappa shape index (κ2) is 5.26. The molecule has 1 fully saturated rings. The maximum Gasteiger partial charge on any atom is 0.0628 e. The molecule has 0 aromatic heterocycles. The number of benzene rings is 1. The third kappa shape index (κ3) is 2.56. The smallest absolute Gasteiger partial charge is 0.0628 e. The fourth-order valence-electron chi connectivity index (χ4n) is 2.10. The number of hydrogen-bond donors (Lipinski definition) is 2. The first-order valence-electron chi connectivity index (χ1n) is 5.52. The van der Waals surface area contributed by atoms with E-state index in [1.807, 2.05) is 18.2 Å². The van der Waals surface area contributed by atoms with Crippen LogP contribution in [0.4, 0.5) is 0 Å². The third-order valence-corrected chi connectivity index (χ3v) is 2.95. The molecule has 0 bridgehead atoms. The van der Waals surface area contributed by atoms with E-state index >= 15 is 0 Å². The molecule has 1 aromatic carbocycles. The van der Waals surface area contributed by atoms with Gasteiger partial charge in [-0.05, 0) is 5.56 Å². The molecule has 0 spiro atoms. The van der Waals surface area contributed by atoms with Crippen LogP contribution in [0.5, 0.6) is 0 Å². The second-order valence-electron chi connectivity index (χ2n) is 3.90. The summed E-state index contributed by atoms with van der Waals surface area (Å²) < 4.78 is 0. The lowest BCUT2D eigenvalue weighted by atomic mass is 10.1. The van der Waals surface area contributed by atoms with Crippen LogP contribution in [-0.2, 0) is 0 Å². The van der Waals surface area contributed by atoms with Gasteiger partial charge in [-0.2, -0.15) is 0 Å². The number of nitrogens with one attached hydrogen (secondary N) is 1. The van der Waals surface area contributed by atoms with E-state index in [1.54, 1.807) is 0 Å². The predicted octanol–water partition coefficient (Wildman–Crippen LogP) is 0.625. The average molecular weight is 206 g/mol. The quantitative estimate of drug-likeness (QED) is 0.761. The molecule has 82 valence electrons. The monoisotopic (exact) mass is 206 g/mol. The molecule has 0 aliphatic carbocycles. The molecule has 2 rings (SSSR count). The Morgan fingerprint density at radius 3 is 2.47 bits per heavy atom. The van der Waals surface area contributed by atoms with Crippen LogP contribution in [0.25, 0.3) is 0 Å². The van der Waals surface area contributed by atoms with E-state index in [0.29, 0.717) is 0 Å². The lowest BCUT2D eigenvalue weighted by Gasteiger charge is -2.34. The summed E-state index contributed by atoms with van der Waals surface area (Å²) in [5.41, 5.74) is 1.21. The van der Waals surface area contributed by atoms with Gasteiger partial charge in [0.15, 0.2) is 0 Å². The maximum absolute atomic E-state index is 9.47. The molecule has 3 nitrogen and oxygen atoms in total. The highest BCUT2D eigenvalue weighted by Crippen LogP contribution is 2.19. The summed E-state index contributed by atoms with van der Waals surface area (Å²) >= 11 is 0. The molecular formula is C12H18N2O. The topological polar surface area (TPSA) is 35.5 Å². The number of aliphatic hydroxyl groups is 1. The van der Waals surface area contributed by atoms with Crippen molar-refractivity contribution in [2.24, 2.45) is 0 Å². The van der Waals surface area contributed by atoms with Crippen LogP contribution >= 0.6 is 0 Å². The molecule has 1 heterocycles. The van der Waals surface area contributed by atoms with E-state index in [1.165, 1.54) is 5.56 Å². The van der Waals surface area contributed by atoms with E-state index in [-0.39, 0.29) is 12.6 Å². The SMILES string of the molecule is OC[C@@H](c1ccccc1)N1CCNCC1. The van der Waals surface area contributed by atoms with Gasteiger partial charge in [-0.3, -0.25) is 4.90 Å². The highest BCUT2D eigenvalue weighted by molar-refractivity contribution is 5.19. The average Bonchev–Trinajstić information content (AvgIpc) is 2.33. The van der Waals surface area contributed by atoms with Crippen LogP contribution in [0.3, 0.4) is 0 Å². The first-order valence-corrected chi connectivity index (χ1v) is 5.52. The van der Waals surface area contributed by atoms with Crippen molar-refractivity contribution in [3.05, 3.63) is 35.9 Å². The maximum atomic E-state index is 9.47. The minimum atomic E-state index is 0.160. The summed E-state index contributed by atoms with van der Waals surface area (Å²) in [4.78, 5) is 2.34. The van der Waals surface area contributed by atoms with E-state index in [9.17, 15) is 5.11 Å². The van der Waals surface area contributed by atoms with Gasteiger partial charge in [-0.25, -0.2) is 0 Å². The first kappa shape index (κ1) is 10.6. The molecule has 1 aromatic rings. The van der Waals surface area contributed by atoms with Gasteiger partial charge in [0, 0.05) is 26.2 Å². The van der Waals surface area contributed by atoms with Crippen molar-refractivity contribution in [1.29, 1.82) is 0 Å². The molecule has 15 heavy (non-hydrogen) atoms. The van der Waals surface area contributed by atoms with Crippen molar-refractivity contribution in [2.75, 3.05) is 32.8 Å². The second-order valence-corrected chi connectivity index (χ2v) is 3.90. The Kier molecular flexibility index (Phi) is 3.72. The van der Waals surface area contributed by atoms with Crippen LogP contribution in [-0.4, -0.2) is 42.8 Å². The highest BCUT2D eigenvalue weighted by atomic mass is 16.3. The van der Waals surface area contributed by atoms with Crippen molar-refractivity contribution >= 4 is 0 Å². The van der Waals surface area contributed by atoms with E-state index in [2.05, 4.69) is 22.3 Å². The Balaban J connectivity index is 2.09. The van der Waals surface area contributed by atoms with E-state index in [0.717, 1.165) is 26.2 Å². The standard InChI is InChI=1S/C12H18N2O/c15-10-12(11-4-2-1-3-5-11)14-8-6-13-7-9-14/h1-5,12-13,15H,6-10H2/t12-/m0/s1. The van der Waals surface area contributed by atoms with Gasteiger partial charge in [0.05, 0.1) is 12.6 Å². The van der Waals surface area contributed by atoms with Gasteiger partial charge in [0.1, 0.15) is 0 Å². The Morgan fingerprint density at radius 2 is 1.87 bits per heavy atom. The molecule has 2 N–H and O–H groups in total. The normalized spacial score (nSPS) is 20.1. The fourth-order valence-corrected chi connectivity index (χ4v) is 2.10. The predicted molar refractivity (Wildman–Crippen MR) is 60.7 cm³/mol. The number of hydrogen-bond acceptors (Lipinski definition) is 3. The van der Waals surface area contributed by atoms with Crippen molar-refractivity contribution in [2.45, 2.75) is 6.04 Å². The van der Waals surface area contributed by atoms with Crippen molar-refractivity contribution in [1.82, 2.24) is 10.2 Å². The molecule has 0 unspecified atom stereocenters. The molecule has 1 saturated heterocycles. The van der Waals surface area contributed by atoms with Gasteiger partial charge in [0.2, 0.25) is 0 Å². The largest absolute Gasteiger partial charge is 0.394 e. The molecule has 1 aliphatic heterocycles. The van der Waals surface area contributed by atoms with Crippen LogP contribution in [0, 0.1) is 0 Å². The van der Waals surface area contributed by atoms with Gasteiger partial charge in [-0.1, -0.05) is 30.3 Å². The first-order chi connectivity index (χ1) is 7.42. The molecule has 1 atom stereocenters. The lowest BCUT2D eigenvalue weighted by Crippen LogP contribution is -2.46. The van der Waals surface area contributed by atoms with Gasteiger partial charge < -0.3 is 10.4 Å². The van der Waals surface area contributed by atoms with E-state index < -0.39 is 0 Å². The summed E-state index contributed by atoms with van der Waals surface area (Å²) in [5, 5.41) is 12.8. The summed E-state index contributed by atoms with van der Waals surface area (Å²) in [5.74, 6) is 0. The van der Waals surface area contributed by atoms with Crippen LogP contribution in [0.1, 0.15) is 11.6 Å². The zero-order valence-electron chi connectivity index (χ0n) is 8.89. The Hall–Kier alpha value is -0.900. The van der Waals surface area contributed by atoms with Crippen molar-refractivity contribution < 1.29 is 5.11 Å². The zero-order chi connectivity index (χ0) is 10.5. The number of piperazine rings is 1. The van der Waals surface area contributed by atoms with Crippen LogP contribution in [0.2, 0.25) is 0 Å². The Morgan fingerprint density at radius 1 is 1.20 bits per heavy atom. The summed E-state index contributed by atoms with van der Waals surface area (Å²) in [6.45, 7) is 4.26. The number of rotatable bonds is 3. The molecular weight excluding hydrogens is 188 g/mol. The summed E-state index contributed by atoms with van der Waals surface area (Å²) in [6.07, 6.45) is 0. The molecule has 0 radical (unpaired) electrons. The Labute approximate surface area is 90.7 Å². The van der Waals surface area contributed by atoms with Gasteiger partial charge in [-0.15, -0.1) is 0 Å². The third-order valence-electron chi connectivity index (χ3n) is 2.95. The fraction of sp³-hybridized carbons (Fsp3) is 0.500. The van der Waals surface area contributed by atoms with Gasteiger partial charge >= 0.3 is 0 Å². The van der Waals surface area contributed by atoms with Crippen molar-refractivity contribution in [3.8, 4) is 0 Å². The molecule has 0 amide bonds. The minimum Gasteiger partial charge on any atom is -0.394 e. The lowest BCUT2D eigenvalue weighted by molar-refractivity contribution is 0.111. The van der Waals surface area contributed by atoms with Crippen molar-refractivity contribution in [3.63, 3.8) is 0 Å². The zero-order valence-corrected chi connectivity index (χ0v) is 8.89. The summed E-state index contributed by atoms with van der Waals surface area (Å²) in [7, 11) is 0. The molecule has 3 heteroatoms. The molecule has 0 saturated carbocycles. The van der Waals surface area contributed by atoms with Gasteiger partial charge in [0.25, 0.3) is 0 Å².